The van der Waals surface area contributed by atoms with Crippen LogP contribution in [0.1, 0.15) is 18.1 Å². The zero-order valence-corrected chi connectivity index (χ0v) is 12.0. The highest BCUT2D eigenvalue weighted by molar-refractivity contribution is 7.98. The summed E-state index contributed by atoms with van der Waals surface area (Å²) in [7, 11) is 0. The van der Waals surface area contributed by atoms with Crippen molar-refractivity contribution in [3.8, 4) is 0 Å². The van der Waals surface area contributed by atoms with Crippen molar-refractivity contribution in [3.63, 3.8) is 0 Å². The van der Waals surface area contributed by atoms with Crippen LogP contribution in [0.15, 0.2) is 65.2 Å². The second-order valence-corrected chi connectivity index (χ2v) is 5.43. The van der Waals surface area contributed by atoms with E-state index in [0.717, 1.165) is 16.2 Å². The maximum absolute atomic E-state index is 10.6. The van der Waals surface area contributed by atoms with E-state index in [1.165, 1.54) is 12.5 Å². The fourth-order valence-electron chi connectivity index (χ4n) is 1.70. The Morgan fingerprint density at radius 2 is 1.80 bits per heavy atom. The minimum atomic E-state index is -0.377. The average Bonchev–Trinajstić information content (AvgIpc) is 2.47. The van der Waals surface area contributed by atoms with Crippen LogP contribution in [0.4, 0.5) is 0 Å². The van der Waals surface area contributed by atoms with Gasteiger partial charge in [0.25, 0.3) is 0 Å². The first-order chi connectivity index (χ1) is 9.65. The van der Waals surface area contributed by atoms with Crippen molar-refractivity contribution >= 4 is 17.8 Å². The van der Waals surface area contributed by atoms with Crippen molar-refractivity contribution in [3.05, 3.63) is 81.5 Å². The van der Waals surface area contributed by atoms with E-state index in [4.69, 9.17) is 0 Å². The predicted molar refractivity (Wildman–Crippen MR) is 83.1 cm³/mol. The maximum Gasteiger partial charge on any atom is 0.243 e. The van der Waals surface area contributed by atoms with Gasteiger partial charge < -0.3 is 0 Å². The monoisotopic (exact) mass is 285 g/mol. The second-order valence-electron chi connectivity index (χ2n) is 4.39. The van der Waals surface area contributed by atoms with Crippen LogP contribution in [-0.4, -0.2) is 4.92 Å². The van der Waals surface area contributed by atoms with Gasteiger partial charge >= 0.3 is 0 Å². The van der Waals surface area contributed by atoms with Crippen LogP contribution in [0.5, 0.6) is 0 Å². The Morgan fingerprint density at radius 1 is 1.15 bits per heavy atom. The van der Waals surface area contributed by atoms with E-state index < -0.39 is 0 Å². The molecule has 0 aromatic heterocycles. The van der Waals surface area contributed by atoms with Crippen LogP contribution < -0.4 is 0 Å². The molecule has 0 aliphatic rings. The molecule has 0 N–H and O–H groups in total. The van der Waals surface area contributed by atoms with Gasteiger partial charge in [0.2, 0.25) is 5.70 Å². The van der Waals surface area contributed by atoms with E-state index >= 15 is 0 Å². The van der Waals surface area contributed by atoms with Crippen molar-refractivity contribution in [2.75, 3.05) is 0 Å². The molecule has 20 heavy (non-hydrogen) atoms. The van der Waals surface area contributed by atoms with Gasteiger partial charge in [-0.25, -0.2) is 0 Å². The lowest BCUT2D eigenvalue weighted by atomic mass is 10.2. The first-order valence-corrected chi connectivity index (χ1v) is 7.23. The molecule has 0 spiro atoms. The van der Waals surface area contributed by atoms with Gasteiger partial charge in [0.05, 0.1) is 4.92 Å². The van der Waals surface area contributed by atoms with Gasteiger partial charge in [-0.15, -0.1) is 11.8 Å². The van der Waals surface area contributed by atoms with Crippen molar-refractivity contribution in [2.45, 2.75) is 17.6 Å². The standard InChI is InChI=1S/C16H15NO2S/c1-13(17(18)19)11-14-7-9-16(10-8-14)20-12-15-5-3-2-4-6-15/h2-11H,12H2,1H3/b13-11-. The Bertz CT molecular complexity index is 606. The maximum atomic E-state index is 10.6. The molecule has 3 nitrogen and oxygen atoms in total. The summed E-state index contributed by atoms with van der Waals surface area (Å²) < 4.78 is 0. The summed E-state index contributed by atoms with van der Waals surface area (Å²) in [5, 5.41) is 10.6. The van der Waals surface area contributed by atoms with Gasteiger partial charge in [-0.1, -0.05) is 42.5 Å². The van der Waals surface area contributed by atoms with E-state index in [1.807, 2.05) is 42.5 Å². The normalized spacial score (nSPS) is 11.3. The molecule has 0 radical (unpaired) electrons. The lowest BCUT2D eigenvalue weighted by Gasteiger charge is -2.02. The Kier molecular flexibility index (Phi) is 4.96. The van der Waals surface area contributed by atoms with Crippen LogP contribution in [0.3, 0.4) is 0 Å². The van der Waals surface area contributed by atoms with Crippen LogP contribution >= 0.6 is 11.8 Å². The molecule has 0 aliphatic carbocycles. The molecule has 4 heteroatoms. The third-order valence-electron chi connectivity index (χ3n) is 2.79. The van der Waals surface area contributed by atoms with Gasteiger partial charge in [-0.2, -0.15) is 0 Å². The number of hydrogen-bond acceptors (Lipinski definition) is 3. The first kappa shape index (κ1) is 14.3. The summed E-state index contributed by atoms with van der Waals surface area (Å²) in [5.74, 6) is 0.921. The predicted octanol–water partition coefficient (Wildman–Crippen LogP) is 4.62. The molecule has 0 unspecified atom stereocenters. The van der Waals surface area contributed by atoms with Gasteiger partial charge in [-0.3, -0.25) is 10.1 Å². The quantitative estimate of drug-likeness (QED) is 0.457. The molecule has 0 bridgehead atoms. The summed E-state index contributed by atoms with van der Waals surface area (Å²) in [4.78, 5) is 11.3. The Morgan fingerprint density at radius 3 is 2.40 bits per heavy atom. The SMILES string of the molecule is C/C(=C/c1ccc(SCc2ccccc2)cc1)[N+](=O)[O-]. The zero-order chi connectivity index (χ0) is 14.4. The molecular weight excluding hydrogens is 270 g/mol. The van der Waals surface area contributed by atoms with Gasteiger partial charge in [0, 0.05) is 23.6 Å². The molecule has 0 aliphatic heterocycles. The topological polar surface area (TPSA) is 43.1 Å². The number of thioether (sulfide) groups is 1. The molecule has 2 aromatic carbocycles. The van der Waals surface area contributed by atoms with Crippen molar-refractivity contribution in [2.24, 2.45) is 0 Å². The molecule has 0 saturated heterocycles. The third-order valence-corrected chi connectivity index (χ3v) is 3.88. The summed E-state index contributed by atoms with van der Waals surface area (Å²) in [6, 6.07) is 18.1. The number of nitrogens with zero attached hydrogens (tertiary/aromatic N) is 1. The molecule has 0 fully saturated rings. The molecule has 2 rings (SSSR count). The fourth-order valence-corrected chi connectivity index (χ4v) is 2.55. The molecule has 0 amide bonds. The second kappa shape index (κ2) is 6.91. The van der Waals surface area contributed by atoms with Gasteiger partial charge in [-0.05, 0) is 23.3 Å². The van der Waals surface area contributed by atoms with Crippen LogP contribution in [-0.2, 0) is 5.75 Å². The van der Waals surface area contributed by atoms with Crippen LogP contribution in [0.25, 0.3) is 6.08 Å². The van der Waals surface area contributed by atoms with E-state index in [9.17, 15) is 10.1 Å². The highest BCUT2D eigenvalue weighted by Gasteiger charge is 2.02. The Hall–Kier alpha value is -2.07. The Labute approximate surface area is 122 Å². The fraction of sp³-hybridized carbons (Fsp3) is 0.125. The van der Waals surface area contributed by atoms with E-state index in [-0.39, 0.29) is 10.6 Å². The van der Waals surface area contributed by atoms with Crippen molar-refractivity contribution in [1.29, 1.82) is 0 Å². The van der Waals surface area contributed by atoms with Crippen molar-refractivity contribution < 1.29 is 4.92 Å². The first-order valence-electron chi connectivity index (χ1n) is 6.24. The van der Waals surface area contributed by atoms with Gasteiger partial charge in [0.1, 0.15) is 0 Å². The summed E-state index contributed by atoms with van der Waals surface area (Å²) in [5.41, 5.74) is 2.28. The minimum Gasteiger partial charge on any atom is -0.259 e. The van der Waals surface area contributed by atoms with Gasteiger partial charge in [0.15, 0.2) is 0 Å². The van der Waals surface area contributed by atoms with E-state index in [1.54, 1.807) is 17.8 Å². The molecular formula is C16H15NO2S. The lowest BCUT2D eigenvalue weighted by molar-refractivity contribution is -0.422. The largest absolute Gasteiger partial charge is 0.259 e. The molecule has 0 saturated carbocycles. The number of rotatable bonds is 5. The summed E-state index contributed by atoms with van der Waals surface area (Å²) in [6.45, 7) is 1.50. The molecule has 102 valence electrons. The lowest BCUT2D eigenvalue weighted by Crippen LogP contribution is -1.92. The van der Waals surface area contributed by atoms with E-state index in [0.29, 0.717) is 0 Å². The summed E-state index contributed by atoms with van der Waals surface area (Å²) in [6.07, 6.45) is 1.58. The molecule has 2 aromatic rings. The summed E-state index contributed by atoms with van der Waals surface area (Å²) >= 11 is 1.75. The smallest absolute Gasteiger partial charge is 0.243 e. The van der Waals surface area contributed by atoms with E-state index in [2.05, 4.69) is 12.1 Å². The number of benzene rings is 2. The van der Waals surface area contributed by atoms with Crippen molar-refractivity contribution in [1.82, 2.24) is 0 Å². The number of allylic oxidation sites excluding steroid dienone is 1. The average molecular weight is 285 g/mol. The highest BCUT2D eigenvalue weighted by atomic mass is 32.2. The minimum absolute atomic E-state index is 0.148. The zero-order valence-electron chi connectivity index (χ0n) is 11.2. The number of hydrogen-bond donors (Lipinski definition) is 0. The third kappa shape index (κ3) is 4.24. The van der Waals surface area contributed by atoms with Crippen LogP contribution in [0, 0.1) is 10.1 Å². The van der Waals surface area contributed by atoms with Crippen LogP contribution in [0.2, 0.25) is 0 Å². The molecule has 0 heterocycles. The highest BCUT2D eigenvalue weighted by Crippen LogP contribution is 2.23. The Balaban J connectivity index is 1.98. The molecule has 0 atom stereocenters. The number of nitro groups is 1.